The minimum Gasteiger partial charge on any atom is -0.327 e. The zero-order chi connectivity index (χ0) is 18.3. The summed E-state index contributed by atoms with van der Waals surface area (Å²) in [5.74, 6) is -1.39. The predicted molar refractivity (Wildman–Crippen MR) is 90.8 cm³/mol. The van der Waals surface area contributed by atoms with E-state index in [1.807, 2.05) is 13.8 Å². The number of rotatable bonds is 3. The number of carbonyl (C=O) groups is 1. The van der Waals surface area contributed by atoms with Crippen molar-refractivity contribution >= 4 is 33.2 Å². The van der Waals surface area contributed by atoms with Crippen LogP contribution in [0.3, 0.4) is 0 Å². The number of halogens is 2. The standard InChI is InChI=1S/C15H21ClFN3O3S/c1-9(21)19-12-7-11(17)13(6-10(12)16)24(22,23)20-5-4-14(18)15(2,3)8-20/h6-7,14H,4-5,8,18H2,1-3H3,(H,19,21). The van der Waals surface area contributed by atoms with Gasteiger partial charge in [0.05, 0.1) is 10.7 Å². The van der Waals surface area contributed by atoms with Crippen LogP contribution < -0.4 is 11.1 Å². The monoisotopic (exact) mass is 377 g/mol. The number of benzene rings is 1. The van der Waals surface area contributed by atoms with E-state index in [2.05, 4.69) is 5.32 Å². The van der Waals surface area contributed by atoms with Gasteiger partial charge >= 0.3 is 0 Å². The lowest BCUT2D eigenvalue weighted by atomic mass is 9.81. The van der Waals surface area contributed by atoms with E-state index in [1.54, 1.807) is 0 Å². The summed E-state index contributed by atoms with van der Waals surface area (Å²) < 4.78 is 41.2. The highest BCUT2D eigenvalue weighted by Crippen LogP contribution is 2.34. The van der Waals surface area contributed by atoms with Crippen LogP contribution in [0.15, 0.2) is 17.0 Å². The molecule has 1 unspecified atom stereocenters. The second-order valence-electron chi connectivity index (χ2n) is 6.67. The number of amides is 1. The summed E-state index contributed by atoms with van der Waals surface area (Å²) in [5, 5.41) is 2.31. The summed E-state index contributed by atoms with van der Waals surface area (Å²) in [6.45, 7) is 5.42. The van der Waals surface area contributed by atoms with Crippen LogP contribution in [-0.2, 0) is 14.8 Å². The molecule has 0 radical (unpaired) electrons. The number of nitrogens with two attached hydrogens (primary N) is 1. The van der Waals surface area contributed by atoms with E-state index in [0.717, 1.165) is 12.1 Å². The van der Waals surface area contributed by atoms with Crippen LogP contribution in [0, 0.1) is 11.2 Å². The molecule has 1 fully saturated rings. The molecule has 1 heterocycles. The number of hydrogen-bond donors (Lipinski definition) is 2. The highest BCUT2D eigenvalue weighted by Gasteiger charge is 2.39. The third-order valence-corrected chi connectivity index (χ3v) is 6.40. The molecule has 24 heavy (non-hydrogen) atoms. The van der Waals surface area contributed by atoms with Crippen LogP contribution in [0.25, 0.3) is 0 Å². The highest BCUT2D eigenvalue weighted by molar-refractivity contribution is 7.89. The van der Waals surface area contributed by atoms with E-state index in [-0.39, 0.29) is 29.8 Å². The highest BCUT2D eigenvalue weighted by atomic mass is 35.5. The molecule has 1 aromatic carbocycles. The molecule has 0 aromatic heterocycles. The van der Waals surface area contributed by atoms with Crippen molar-refractivity contribution in [2.75, 3.05) is 18.4 Å². The average Bonchev–Trinajstić information content (AvgIpc) is 2.44. The lowest BCUT2D eigenvalue weighted by Gasteiger charge is -2.41. The fraction of sp³-hybridized carbons (Fsp3) is 0.533. The first kappa shape index (κ1) is 19.1. The molecule has 134 valence electrons. The van der Waals surface area contributed by atoms with Gasteiger partial charge in [0.25, 0.3) is 0 Å². The average molecular weight is 378 g/mol. The van der Waals surface area contributed by atoms with Gasteiger partial charge in [-0.15, -0.1) is 0 Å². The van der Waals surface area contributed by atoms with Gasteiger partial charge < -0.3 is 11.1 Å². The maximum Gasteiger partial charge on any atom is 0.246 e. The Morgan fingerprint density at radius 2 is 2.08 bits per heavy atom. The number of carbonyl (C=O) groups excluding carboxylic acids is 1. The summed E-state index contributed by atoms with van der Waals surface area (Å²) in [4.78, 5) is 10.6. The summed E-state index contributed by atoms with van der Waals surface area (Å²) in [6.07, 6.45) is 0.492. The normalized spacial score (nSPS) is 21.5. The number of hydrogen-bond acceptors (Lipinski definition) is 4. The van der Waals surface area contributed by atoms with Crippen molar-refractivity contribution in [3.05, 3.63) is 23.0 Å². The molecule has 0 aliphatic carbocycles. The first-order chi connectivity index (χ1) is 10.9. The Morgan fingerprint density at radius 3 is 2.62 bits per heavy atom. The zero-order valence-corrected chi connectivity index (χ0v) is 15.3. The lowest BCUT2D eigenvalue weighted by molar-refractivity contribution is -0.114. The van der Waals surface area contributed by atoms with Crippen LogP contribution in [-0.4, -0.2) is 37.8 Å². The molecule has 1 aliphatic heterocycles. The summed E-state index contributed by atoms with van der Waals surface area (Å²) in [7, 11) is -4.05. The Balaban J connectivity index is 2.40. The van der Waals surface area contributed by atoms with E-state index >= 15 is 0 Å². The molecule has 1 atom stereocenters. The molecule has 0 spiro atoms. The van der Waals surface area contributed by atoms with Crippen LogP contribution >= 0.6 is 11.6 Å². The van der Waals surface area contributed by atoms with Crippen molar-refractivity contribution < 1.29 is 17.6 Å². The second-order valence-corrected chi connectivity index (χ2v) is 8.98. The van der Waals surface area contributed by atoms with Crippen molar-refractivity contribution in [3.8, 4) is 0 Å². The summed E-state index contributed by atoms with van der Waals surface area (Å²) in [5.41, 5.74) is 5.63. The van der Waals surface area contributed by atoms with Crippen LogP contribution in [0.5, 0.6) is 0 Å². The molecule has 0 saturated carbocycles. The Hall–Kier alpha value is -1.22. The molecule has 9 heteroatoms. The van der Waals surface area contributed by atoms with Crippen molar-refractivity contribution in [2.45, 2.75) is 38.1 Å². The smallest absolute Gasteiger partial charge is 0.246 e. The molecular formula is C15H21ClFN3O3S. The fourth-order valence-electron chi connectivity index (χ4n) is 2.68. The first-order valence-corrected chi connectivity index (χ1v) is 9.29. The van der Waals surface area contributed by atoms with Crippen molar-refractivity contribution in [1.29, 1.82) is 0 Å². The van der Waals surface area contributed by atoms with E-state index < -0.39 is 32.1 Å². The fourth-order valence-corrected chi connectivity index (χ4v) is 4.65. The van der Waals surface area contributed by atoms with Crippen molar-refractivity contribution in [3.63, 3.8) is 0 Å². The second kappa shape index (κ2) is 6.59. The molecule has 0 bridgehead atoms. The minimum absolute atomic E-state index is 0.0293. The molecule has 1 amide bonds. The van der Waals surface area contributed by atoms with Gasteiger partial charge in [-0.3, -0.25) is 4.79 Å². The van der Waals surface area contributed by atoms with Gasteiger partial charge in [0.1, 0.15) is 10.7 Å². The lowest BCUT2D eigenvalue weighted by Crippen LogP contribution is -2.53. The van der Waals surface area contributed by atoms with E-state index in [9.17, 15) is 17.6 Å². The SMILES string of the molecule is CC(=O)Nc1cc(F)c(S(=O)(=O)N2CCC(N)C(C)(C)C2)cc1Cl. The van der Waals surface area contributed by atoms with Gasteiger partial charge in [0.2, 0.25) is 15.9 Å². The molecule has 2 rings (SSSR count). The van der Waals surface area contributed by atoms with Gasteiger partial charge in [0.15, 0.2) is 0 Å². The molecule has 6 nitrogen and oxygen atoms in total. The van der Waals surface area contributed by atoms with Crippen LogP contribution in [0.2, 0.25) is 5.02 Å². The number of piperidine rings is 1. The van der Waals surface area contributed by atoms with Gasteiger partial charge in [-0.25, -0.2) is 12.8 Å². The molecular weight excluding hydrogens is 357 g/mol. The minimum atomic E-state index is -4.05. The predicted octanol–water partition coefficient (Wildman–Crippen LogP) is 2.19. The maximum atomic E-state index is 14.4. The Kier molecular flexibility index (Phi) is 5.25. The third kappa shape index (κ3) is 3.72. The molecule has 1 aromatic rings. The number of anilines is 1. The van der Waals surface area contributed by atoms with Gasteiger partial charge in [-0.1, -0.05) is 25.4 Å². The quantitative estimate of drug-likeness (QED) is 0.844. The Bertz CT molecular complexity index is 767. The Morgan fingerprint density at radius 1 is 1.46 bits per heavy atom. The molecule has 3 N–H and O–H groups in total. The summed E-state index contributed by atoms with van der Waals surface area (Å²) in [6, 6.07) is 1.82. The maximum absolute atomic E-state index is 14.4. The molecule has 1 aliphatic rings. The first-order valence-electron chi connectivity index (χ1n) is 7.47. The largest absolute Gasteiger partial charge is 0.327 e. The number of sulfonamides is 1. The van der Waals surface area contributed by atoms with E-state index in [1.165, 1.54) is 11.2 Å². The third-order valence-electron chi connectivity index (χ3n) is 4.23. The van der Waals surface area contributed by atoms with Gasteiger partial charge in [-0.05, 0) is 17.9 Å². The Labute approximate surface area is 146 Å². The van der Waals surface area contributed by atoms with Gasteiger partial charge in [0, 0.05) is 32.1 Å². The van der Waals surface area contributed by atoms with Crippen LogP contribution in [0.1, 0.15) is 27.2 Å². The zero-order valence-electron chi connectivity index (χ0n) is 13.8. The number of nitrogens with one attached hydrogen (secondary N) is 1. The van der Waals surface area contributed by atoms with Crippen molar-refractivity contribution in [1.82, 2.24) is 4.31 Å². The molecule has 1 saturated heterocycles. The topological polar surface area (TPSA) is 92.5 Å². The summed E-state index contributed by atoms with van der Waals surface area (Å²) >= 11 is 5.99. The van der Waals surface area contributed by atoms with Crippen molar-refractivity contribution in [2.24, 2.45) is 11.1 Å². The number of nitrogens with zero attached hydrogens (tertiary/aromatic N) is 1. The van der Waals surface area contributed by atoms with Crippen LogP contribution in [0.4, 0.5) is 10.1 Å². The van der Waals surface area contributed by atoms with E-state index in [4.69, 9.17) is 17.3 Å². The van der Waals surface area contributed by atoms with Gasteiger partial charge in [-0.2, -0.15) is 4.31 Å². The van der Waals surface area contributed by atoms with E-state index in [0.29, 0.717) is 6.42 Å².